The van der Waals surface area contributed by atoms with Crippen LogP contribution in [0, 0.1) is 5.92 Å². The van der Waals surface area contributed by atoms with Gasteiger partial charge in [0, 0.05) is 6.04 Å². The third-order valence-electron chi connectivity index (χ3n) is 3.70. The lowest BCUT2D eigenvalue weighted by molar-refractivity contribution is 0.0695. The van der Waals surface area contributed by atoms with E-state index in [-0.39, 0.29) is 16.5 Å². The molecule has 1 aliphatic carbocycles. The number of benzene rings is 1. The second-order valence-electron chi connectivity index (χ2n) is 5.37. The first-order valence-corrected chi connectivity index (χ1v) is 8.20. The Hall–Kier alpha value is -1.40. The largest absolute Gasteiger partial charge is 0.478 e. The molecule has 0 atom stereocenters. The molecule has 2 rings (SSSR count). The Kier molecular flexibility index (Phi) is 4.15. The van der Waals surface area contributed by atoms with Crippen LogP contribution >= 0.6 is 0 Å². The second kappa shape index (κ2) is 5.54. The molecule has 2 N–H and O–H groups in total. The van der Waals surface area contributed by atoms with Crippen LogP contribution in [-0.2, 0) is 16.4 Å². The van der Waals surface area contributed by atoms with E-state index in [2.05, 4.69) is 11.6 Å². The van der Waals surface area contributed by atoms with Crippen molar-refractivity contribution in [1.82, 2.24) is 4.72 Å². The quantitative estimate of drug-likeness (QED) is 0.871. The Labute approximate surface area is 119 Å². The van der Waals surface area contributed by atoms with Gasteiger partial charge in [0.25, 0.3) is 0 Å². The Morgan fingerprint density at radius 3 is 2.55 bits per heavy atom. The Morgan fingerprint density at radius 2 is 2.05 bits per heavy atom. The molecule has 1 aromatic rings. The summed E-state index contributed by atoms with van der Waals surface area (Å²) in [6, 6.07) is 4.25. The van der Waals surface area contributed by atoms with Gasteiger partial charge in [-0.3, -0.25) is 0 Å². The van der Waals surface area contributed by atoms with Crippen LogP contribution < -0.4 is 4.72 Å². The molecule has 0 heterocycles. The van der Waals surface area contributed by atoms with Crippen molar-refractivity contribution in [2.45, 2.75) is 44.0 Å². The zero-order chi connectivity index (χ0) is 14.9. The molecule has 1 aliphatic rings. The highest BCUT2D eigenvalue weighted by Gasteiger charge is 2.30. The van der Waals surface area contributed by atoms with E-state index in [0.29, 0.717) is 17.9 Å². The molecule has 0 amide bonds. The number of hydrogen-bond donors (Lipinski definition) is 2. The third-order valence-corrected chi connectivity index (χ3v) is 5.22. The molecule has 6 heteroatoms. The van der Waals surface area contributed by atoms with Gasteiger partial charge in [0.1, 0.15) is 0 Å². The summed E-state index contributed by atoms with van der Waals surface area (Å²) in [5.41, 5.74) is 0.686. The number of hydrogen-bond acceptors (Lipinski definition) is 3. The number of sulfonamides is 1. The van der Waals surface area contributed by atoms with Crippen molar-refractivity contribution in [2.24, 2.45) is 5.92 Å². The molecule has 1 fully saturated rings. The molecule has 0 aliphatic heterocycles. The van der Waals surface area contributed by atoms with Crippen LogP contribution in [0.2, 0.25) is 0 Å². The molecule has 1 saturated carbocycles. The van der Waals surface area contributed by atoms with Crippen LogP contribution in [-0.4, -0.2) is 25.5 Å². The normalized spacial score (nSPS) is 22.3. The van der Waals surface area contributed by atoms with Crippen LogP contribution in [0.25, 0.3) is 0 Å². The average molecular weight is 297 g/mol. The number of aromatic carboxylic acids is 1. The fraction of sp³-hybridized carbons (Fsp3) is 0.500. The predicted octanol–water partition coefficient (Wildman–Crippen LogP) is 2.02. The fourth-order valence-electron chi connectivity index (χ4n) is 2.52. The predicted molar refractivity (Wildman–Crippen MR) is 75.3 cm³/mol. The van der Waals surface area contributed by atoms with E-state index < -0.39 is 16.0 Å². The fourth-order valence-corrected chi connectivity index (χ4v) is 3.80. The van der Waals surface area contributed by atoms with Gasteiger partial charge in [-0.25, -0.2) is 17.9 Å². The summed E-state index contributed by atoms with van der Waals surface area (Å²) in [7, 11) is -3.64. The van der Waals surface area contributed by atoms with E-state index in [9.17, 15) is 13.2 Å². The van der Waals surface area contributed by atoms with Gasteiger partial charge in [-0.1, -0.05) is 19.9 Å². The minimum Gasteiger partial charge on any atom is -0.478 e. The smallest absolute Gasteiger partial charge is 0.336 e. The minimum atomic E-state index is -3.64. The van der Waals surface area contributed by atoms with Gasteiger partial charge in [0.2, 0.25) is 10.0 Å². The highest BCUT2D eigenvalue weighted by molar-refractivity contribution is 7.89. The van der Waals surface area contributed by atoms with Crippen molar-refractivity contribution in [3.05, 3.63) is 29.3 Å². The first-order chi connectivity index (χ1) is 9.33. The summed E-state index contributed by atoms with van der Waals surface area (Å²) < 4.78 is 27.0. The van der Waals surface area contributed by atoms with Crippen LogP contribution in [0.3, 0.4) is 0 Å². The van der Waals surface area contributed by atoms with Crippen LogP contribution in [0.4, 0.5) is 0 Å². The van der Waals surface area contributed by atoms with Crippen molar-refractivity contribution in [2.75, 3.05) is 0 Å². The maximum Gasteiger partial charge on any atom is 0.336 e. The summed E-state index contributed by atoms with van der Waals surface area (Å²) in [5.74, 6) is -0.559. The lowest BCUT2D eigenvalue weighted by atomic mass is 9.83. The topological polar surface area (TPSA) is 83.5 Å². The maximum absolute atomic E-state index is 12.2. The minimum absolute atomic E-state index is 0.0200. The molecule has 110 valence electrons. The number of carboxylic acid groups (broad SMARTS) is 1. The number of nitrogens with one attached hydrogen (secondary N) is 1. The van der Waals surface area contributed by atoms with E-state index >= 15 is 0 Å². The van der Waals surface area contributed by atoms with E-state index in [1.807, 2.05) is 6.92 Å². The van der Waals surface area contributed by atoms with Crippen LogP contribution in [0.15, 0.2) is 23.1 Å². The van der Waals surface area contributed by atoms with Gasteiger partial charge in [0.15, 0.2) is 0 Å². The zero-order valence-electron chi connectivity index (χ0n) is 11.6. The molecule has 0 radical (unpaired) electrons. The molecule has 0 aromatic heterocycles. The molecular formula is C14H19NO4S. The second-order valence-corrected chi connectivity index (χ2v) is 7.09. The number of rotatable bonds is 5. The Bertz CT molecular complexity index is 618. The van der Waals surface area contributed by atoms with Crippen molar-refractivity contribution < 1.29 is 18.3 Å². The van der Waals surface area contributed by atoms with Crippen molar-refractivity contribution >= 4 is 16.0 Å². The van der Waals surface area contributed by atoms with E-state index in [0.717, 1.165) is 12.8 Å². The molecule has 0 unspecified atom stereocenters. The SMILES string of the molecule is CCc1ccc(S(=O)(=O)NC2CC(C)C2)cc1C(=O)O. The van der Waals surface area contributed by atoms with Crippen molar-refractivity contribution in [3.8, 4) is 0 Å². The molecule has 0 bridgehead atoms. The van der Waals surface area contributed by atoms with Gasteiger partial charge in [-0.2, -0.15) is 0 Å². The maximum atomic E-state index is 12.2. The molecular weight excluding hydrogens is 278 g/mol. The monoisotopic (exact) mass is 297 g/mol. The standard InChI is InChI=1S/C14H19NO4S/c1-3-10-4-5-12(8-13(10)14(16)17)20(18,19)15-11-6-9(2)7-11/h4-5,8-9,11,15H,3,6-7H2,1-2H3,(H,16,17). The first kappa shape index (κ1) is 15.0. The lowest BCUT2D eigenvalue weighted by Crippen LogP contribution is -2.43. The van der Waals surface area contributed by atoms with E-state index in [1.54, 1.807) is 6.07 Å². The number of carboxylic acids is 1. The van der Waals surface area contributed by atoms with Crippen LogP contribution in [0.5, 0.6) is 0 Å². The Balaban J connectivity index is 2.27. The van der Waals surface area contributed by atoms with Crippen molar-refractivity contribution in [3.63, 3.8) is 0 Å². The van der Waals surface area contributed by atoms with Gasteiger partial charge >= 0.3 is 5.97 Å². The highest BCUT2D eigenvalue weighted by atomic mass is 32.2. The van der Waals surface area contributed by atoms with Gasteiger partial charge < -0.3 is 5.11 Å². The third kappa shape index (κ3) is 3.02. The van der Waals surface area contributed by atoms with E-state index in [1.165, 1.54) is 12.1 Å². The van der Waals surface area contributed by atoms with Crippen LogP contribution in [0.1, 0.15) is 42.6 Å². The summed E-state index contributed by atoms with van der Waals surface area (Å²) in [5, 5.41) is 9.15. The lowest BCUT2D eigenvalue weighted by Gasteiger charge is -2.32. The van der Waals surface area contributed by atoms with Gasteiger partial charge in [0.05, 0.1) is 10.5 Å². The van der Waals surface area contributed by atoms with Gasteiger partial charge in [-0.15, -0.1) is 0 Å². The summed E-state index contributed by atoms with van der Waals surface area (Å²) in [6.45, 7) is 3.91. The Morgan fingerprint density at radius 1 is 1.40 bits per heavy atom. The number of carbonyl (C=O) groups is 1. The molecule has 20 heavy (non-hydrogen) atoms. The molecule has 5 nitrogen and oxygen atoms in total. The summed E-state index contributed by atoms with van der Waals surface area (Å²) in [6.07, 6.45) is 2.21. The first-order valence-electron chi connectivity index (χ1n) is 6.72. The van der Waals surface area contributed by atoms with Gasteiger partial charge in [-0.05, 0) is 42.9 Å². The average Bonchev–Trinajstić information content (AvgIpc) is 2.35. The zero-order valence-corrected chi connectivity index (χ0v) is 12.4. The highest BCUT2D eigenvalue weighted by Crippen LogP contribution is 2.28. The summed E-state index contributed by atoms with van der Waals surface area (Å²) in [4.78, 5) is 11.2. The molecule has 0 saturated heterocycles. The van der Waals surface area contributed by atoms with E-state index in [4.69, 9.17) is 5.11 Å². The molecule has 1 aromatic carbocycles. The molecule has 0 spiro atoms. The summed E-state index contributed by atoms with van der Waals surface area (Å²) >= 11 is 0. The number of aryl methyl sites for hydroxylation is 1. The van der Waals surface area contributed by atoms with Crippen molar-refractivity contribution in [1.29, 1.82) is 0 Å².